The molecule has 16 heavy (non-hydrogen) atoms. The molecule has 0 saturated heterocycles. The zero-order valence-corrected chi connectivity index (χ0v) is 10.8. The van der Waals surface area contributed by atoms with Gasteiger partial charge in [0.15, 0.2) is 0 Å². The highest BCUT2D eigenvalue weighted by atomic mass is 16.5. The quantitative estimate of drug-likeness (QED) is 0.746. The van der Waals surface area contributed by atoms with Gasteiger partial charge in [0.2, 0.25) is 0 Å². The van der Waals surface area contributed by atoms with Crippen molar-refractivity contribution in [2.45, 2.75) is 32.6 Å². The molecular formula is C14H23NO. The second kappa shape index (κ2) is 5.90. The summed E-state index contributed by atoms with van der Waals surface area (Å²) in [6, 6.07) is 8.38. The van der Waals surface area contributed by atoms with Gasteiger partial charge in [-0.1, -0.05) is 32.9 Å². The predicted octanol–water partition coefficient (Wildman–Crippen LogP) is 2.97. The first kappa shape index (κ1) is 13.0. The molecule has 2 nitrogen and oxygen atoms in total. The van der Waals surface area contributed by atoms with E-state index in [9.17, 15) is 0 Å². The van der Waals surface area contributed by atoms with Gasteiger partial charge < -0.3 is 10.1 Å². The first-order valence-electron chi connectivity index (χ1n) is 5.95. The summed E-state index contributed by atoms with van der Waals surface area (Å²) in [6.45, 7) is 8.81. The van der Waals surface area contributed by atoms with E-state index in [-0.39, 0.29) is 5.41 Å². The van der Waals surface area contributed by atoms with Crippen LogP contribution in [-0.4, -0.2) is 20.2 Å². The number of methoxy groups -OCH3 is 1. The minimum Gasteiger partial charge on any atom is -0.497 e. The van der Waals surface area contributed by atoms with Gasteiger partial charge in [-0.3, -0.25) is 0 Å². The van der Waals surface area contributed by atoms with Crippen LogP contribution in [0.2, 0.25) is 0 Å². The van der Waals surface area contributed by atoms with Crippen LogP contribution in [0.15, 0.2) is 24.3 Å². The third kappa shape index (κ3) is 3.53. The van der Waals surface area contributed by atoms with Crippen LogP contribution >= 0.6 is 0 Å². The van der Waals surface area contributed by atoms with Crippen LogP contribution in [0, 0.1) is 0 Å². The number of ether oxygens (including phenoxy) is 1. The van der Waals surface area contributed by atoms with E-state index < -0.39 is 0 Å². The number of nitrogens with one attached hydrogen (secondary N) is 1. The molecular weight excluding hydrogens is 198 g/mol. The standard InChI is InChI=1S/C14H23NO/c1-5-15-11-10-14(2,3)12-6-8-13(16-4)9-7-12/h6-9,15H,5,10-11H2,1-4H3. The first-order chi connectivity index (χ1) is 7.60. The van der Waals surface area contributed by atoms with Gasteiger partial charge in [-0.2, -0.15) is 0 Å². The molecule has 0 aliphatic carbocycles. The predicted molar refractivity (Wildman–Crippen MR) is 69.2 cm³/mol. The van der Waals surface area contributed by atoms with Crippen molar-refractivity contribution in [2.75, 3.05) is 20.2 Å². The van der Waals surface area contributed by atoms with Gasteiger partial charge in [0.1, 0.15) is 5.75 Å². The van der Waals surface area contributed by atoms with E-state index in [1.807, 2.05) is 12.1 Å². The molecule has 1 aromatic carbocycles. The fraction of sp³-hybridized carbons (Fsp3) is 0.571. The van der Waals surface area contributed by atoms with Crippen LogP contribution in [0.1, 0.15) is 32.8 Å². The van der Waals surface area contributed by atoms with E-state index >= 15 is 0 Å². The highest BCUT2D eigenvalue weighted by molar-refractivity contribution is 5.31. The summed E-state index contributed by atoms with van der Waals surface area (Å²) in [7, 11) is 1.70. The normalized spacial score (nSPS) is 11.5. The van der Waals surface area contributed by atoms with Crippen LogP contribution < -0.4 is 10.1 Å². The summed E-state index contributed by atoms with van der Waals surface area (Å²) in [4.78, 5) is 0. The largest absolute Gasteiger partial charge is 0.497 e. The fourth-order valence-electron chi connectivity index (χ4n) is 1.76. The molecule has 0 heterocycles. The Morgan fingerprint density at radius 1 is 1.19 bits per heavy atom. The van der Waals surface area contributed by atoms with Crippen LogP contribution in [0.3, 0.4) is 0 Å². The molecule has 2 heteroatoms. The Labute approximate surface area is 99.0 Å². The molecule has 0 saturated carbocycles. The molecule has 90 valence electrons. The minimum absolute atomic E-state index is 0.217. The van der Waals surface area contributed by atoms with Gasteiger partial charge in [-0.05, 0) is 42.6 Å². The highest BCUT2D eigenvalue weighted by Crippen LogP contribution is 2.27. The van der Waals surface area contributed by atoms with Gasteiger partial charge >= 0.3 is 0 Å². The SMILES string of the molecule is CCNCCC(C)(C)c1ccc(OC)cc1. The Kier molecular flexibility index (Phi) is 4.81. The van der Waals surface area contributed by atoms with Crippen molar-refractivity contribution in [3.8, 4) is 5.75 Å². The van der Waals surface area contributed by atoms with Crippen molar-refractivity contribution in [3.63, 3.8) is 0 Å². The number of hydrogen-bond donors (Lipinski definition) is 1. The lowest BCUT2D eigenvalue weighted by molar-refractivity contribution is 0.413. The summed E-state index contributed by atoms with van der Waals surface area (Å²) >= 11 is 0. The maximum atomic E-state index is 5.17. The lowest BCUT2D eigenvalue weighted by Crippen LogP contribution is -2.25. The van der Waals surface area contributed by atoms with Crippen LogP contribution in [-0.2, 0) is 5.41 Å². The zero-order chi connectivity index (χ0) is 12.0. The van der Waals surface area contributed by atoms with Crippen molar-refractivity contribution < 1.29 is 4.74 Å². The molecule has 0 aliphatic rings. The molecule has 0 atom stereocenters. The second-order valence-corrected chi connectivity index (χ2v) is 4.72. The smallest absolute Gasteiger partial charge is 0.118 e. The lowest BCUT2D eigenvalue weighted by Gasteiger charge is -2.25. The van der Waals surface area contributed by atoms with Crippen molar-refractivity contribution in [1.29, 1.82) is 0 Å². The molecule has 0 spiro atoms. The van der Waals surface area contributed by atoms with E-state index in [1.54, 1.807) is 7.11 Å². The number of hydrogen-bond acceptors (Lipinski definition) is 2. The van der Waals surface area contributed by atoms with Crippen molar-refractivity contribution in [2.24, 2.45) is 0 Å². The van der Waals surface area contributed by atoms with Crippen molar-refractivity contribution in [1.82, 2.24) is 5.32 Å². The number of rotatable bonds is 6. The molecule has 0 fully saturated rings. The second-order valence-electron chi connectivity index (χ2n) is 4.72. The van der Waals surface area contributed by atoms with Crippen LogP contribution in [0.25, 0.3) is 0 Å². The van der Waals surface area contributed by atoms with Gasteiger partial charge in [0.25, 0.3) is 0 Å². The average Bonchev–Trinajstić information content (AvgIpc) is 2.29. The Bertz CT molecular complexity index is 303. The number of benzene rings is 1. The Hall–Kier alpha value is -1.02. The fourth-order valence-corrected chi connectivity index (χ4v) is 1.76. The molecule has 0 aliphatic heterocycles. The summed E-state index contributed by atoms with van der Waals surface area (Å²) < 4.78 is 5.17. The van der Waals surface area contributed by atoms with E-state index in [0.29, 0.717) is 0 Å². The monoisotopic (exact) mass is 221 g/mol. The molecule has 0 bridgehead atoms. The molecule has 0 amide bonds. The van der Waals surface area contributed by atoms with Gasteiger partial charge in [-0.25, -0.2) is 0 Å². The first-order valence-corrected chi connectivity index (χ1v) is 5.95. The highest BCUT2D eigenvalue weighted by Gasteiger charge is 2.19. The maximum Gasteiger partial charge on any atom is 0.118 e. The summed E-state index contributed by atoms with van der Waals surface area (Å²) in [5, 5.41) is 3.37. The topological polar surface area (TPSA) is 21.3 Å². The Morgan fingerprint density at radius 3 is 2.31 bits per heavy atom. The zero-order valence-electron chi connectivity index (χ0n) is 10.8. The molecule has 1 aromatic rings. The van der Waals surface area contributed by atoms with Gasteiger partial charge in [0, 0.05) is 0 Å². The van der Waals surface area contributed by atoms with Gasteiger partial charge in [-0.15, -0.1) is 0 Å². The summed E-state index contributed by atoms with van der Waals surface area (Å²) in [5.74, 6) is 0.922. The van der Waals surface area contributed by atoms with E-state index in [2.05, 4.69) is 38.2 Å². The third-order valence-electron chi connectivity index (χ3n) is 3.05. The minimum atomic E-state index is 0.217. The Morgan fingerprint density at radius 2 is 1.81 bits per heavy atom. The molecule has 1 rings (SSSR count). The Balaban J connectivity index is 2.65. The summed E-state index contributed by atoms with van der Waals surface area (Å²) in [6.07, 6.45) is 1.15. The summed E-state index contributed by atoms with van der Waals surface area (Å²) in [5.41, 5.74) is 1.58. The van der Waals surface area contributed by atoms with E-state index in [1.165, 1.54) is 5.56 Å². The molecule has 0 aromatic heterocycles. The van der Waals surface area contributed by atoms with Crippen LogP contribution in [0.5, 0.6) is 5.75 Å². The van der Waals surface area contributed by atoms with Gasteiger partial charge in [0.05, 0.1) is 7.11 Å². The maximum absolute atomic E-state index is 5.17. The van der Waals surface area contributed by atoms with Crippen LogP contribution in [0.4, 0.5) is 0 Å². The molecule has 0 radical (unpaired) electrons. The molecule has 0 unspecified atom stereocenters. The molecule has 1 N–H and O–H groups in total. The van der Waals surface area contributed by atoms with Crippen molar-refractivity contribution in [3.05, 3.63) is 29.8 Å². The van der Waals surface area contributed by atoms with Crippen molar-refractivity contribution >= 4 is 0 Å². The average molecular weight is 221 g/mol. The lowest BCUT2D eigenvalue weighted by atomic mass is 9.81. The third-order valence-corrected chi connectivity index (χ3v) is 3.05. The van der Waals surface area contributed by atoms with E-state index in [0.717, 1.165) is 25.3 Å². The van der Waals surface area contributed by atoms with E-state index in [4.69, 9.17) is 4.74 Å².